The van der Waals surface area contributed by atoms with E-state index in [2.05, 4.69) is 49.6 Å². The van der Waals surface area contributed by atoms with Gasteiger partial charge in [0.1, 0.15) is 0 Å². The zero-order valence-corrected chi connectivity index (χ0v) is 11.6. The molecule has 0 unspecified atom stereocenters. The summed E-state index contributed by atoms with van der Waals surface area (Å²) in [6.45, 7) is 8.26. The molecule has 1 aromatic carbocycles. The summed E-state index contributed by atoms with van der Waals surface area (Å²) in [6.07, 6.45) is 1.03. The third-order valence-electron chi connectivity index (χ3n) is 2.74. The van der Waals surface area contributed by atoms with Gasteiger partial charge < -0.3 is 10.6 Å². The summed E-state index contributed by atoms with van der Waals surface area (Å²) in [7, 11) is 0. The Labute approximate surface area is 110 Å². The zero-order valence-electron chi connectivity index (χ0n) is 11.6. The molecular formula is C15H24N2O. The Hall–Kier alpha value is -1.35. The van der Waals surface area contributed by atoms with Gasteiger partial charge in [0.15, 0.2) is 0 Å². The van der Waals surface area contributed by atoms with Crippen LogP contribution in [0.1, 0.15) is 31.4 Å². The lowest BCUT2D eigenvalue weighted by Gasteiger charge is -2.08. The number of hydrogen-bond donors (Lipinski definition) is 2. The number of nitrogens with one attached hydrogen (secondary N) is 2. The van der Waals surface area contributed by atoms with Crippen molar-refractivity contribution < 1.29 is 4.79 Å². The van der Waals surface area contributed by atoms with Crippen LogP contribution in [0.25, 0.3) is 0 Å². The van der Waals surface area contributed by atoms with Crippen LogP contribution in [0.5, 0.6) is 0 Å². The fraction of sp³-hybridized carbons (Fsp3) is 0.533. The molecule has 0 bridgehead atoms. The fourth-order valence-electron chi connectivity index (χ4n) is 1.71. The predicted octanol–water partition coefficient (Wildman–Crippen LogP) is 2.25. The van der Waals surface area contributed by atoms with Crippen LogP contribution in [0.3, 0.4) is 0 Å². The van der Waals surface area contributed by atoms with E-state index in [1.54, 1.807) is 0 Å². The van der Waals surface area contributed by atoms with E-state index in [9.17, 15) is 4.79 Å². The zero-order chi connectivity index (χ0) is 13.4. The standard InChI is InChI=1S/C15H24N2O/c1-12(2)7-8-17-15(18)11-16-10-14-6-4-5-13(3)9-14/h4-6,9,12,16H,7-8,10-11H2,1-3H3,(H,17,18). The molecule has 0 saturated heterocycles. The molecule has 0 aliphatic rings. The molecule has 1 aromatic rings. The topological polar surface area (TPSA) is 41.1 Å². The molecule has 2 N–H and O–H groups in total. The second-order valence-corrected chi connectivity index (χ2v) is 5.13. The Morgan fingerprint density at radius 2 is 2.11 bits per heavy atom. The molecule has 0 fully saturated rings. The minimum absolute atomic E-state index is 0.0725. The molecule has 0 heterocycles. The van der Waals surface area contributed by atoms with E-state index in [1.807, 2.05) is 6.07 Å². The lowest BCUT2D eigenvalue weighted by atomic mass is 10.1. The molecule has 0 radical (unpaired) electrons. The third kappa shape index (κ3) is 6.40. The minimum atomic E-state index is 0.0725. The van der Waals surface area contributed by atoms with Gasteiger partial charge in [0.2, 0.25) is 5.91 Å². The quantitative estimate of drug-likeness (QED) is 0.777. The van der Waals surface area contributed by atoms with Crippen molar-refractivity contribution in [2.75, 3.05) is 13.1 Å². The van der Waals surface area contributed by atoms with Gasteiger partial charge in [-0.3, -0.25) is 4.79 Å². The number of hydrogen-bond acceptors (Lipinski definition) is 2. The van der Waals surface area contributed by atoms with Crippen LogP contribution in [0.4, 0.5) is 0 Å². The van der Waals surface area contributed by atoms with Gasteiger partial charge in [-0.25, -0.2) is 0 Å². The van der Waals surface area contributed by atoms with Crippen molar-refractivity contribution in [3.05, 3.63) is 35.4 Å². The van der Waals surface area contributed by atoms with E-state index in [4.69, 9.17) is 0 Å². The molecule has 3 heteroatoms. The SMILES string of the molecule is Cc1cccc(CNCC(=O)NCCC(C)C)c1. The maximum absolute atomic E-state index is 11.5. The molecule has 100 valence electrons. The first-order valence-corrected chi connectivity index (χ1v) is 6.61. The summed E-state index contributed by atoms with van der Waals surface area (Å²) in [5, 5.41) is 6.06. The largest absolute Gasteiger partial charge is 0.355 e. The highest BCUT2D eigenvalue weighted by atomic mass is 16.1. The number of carbonyl (C=O) groups is 1. The van der Waals surface area contributed by atoms with Crippen molar-refractivity contribution in [1.82, 2.24) is 10.6 Å². The second-order valence-electron chi connectivity index (χ2n) is 5.13. The summed E-state index contributed by atoms with van der Waals surface area (Å²) in [5.41, 5.74) is 2.46. The number of rotatable bonds is 7. The van der Waals surface area contributed by atoms with E-state index in [0.29, 0.717) is 12.5 Å². The molecule has 3 nitrogen and oxygen atoms in total. The summed E-state index contributed by atoms with van der Waals surface area (Å²) in [6, 6.07) is 8.30. The van der Waals surface area contributed by atoms with Gasteiger partial charge in [-0.2, -0.15) is 0 Å². The van der Waals surface area contributed by atoms with Crippen molar-refractivity contribution in [3.63, 3.8) is 0 Å². The van der Waals surface area contributed by atoms with Crippen molar-refractivity contribution in [2.24, 2.45) is 5.92 Å². The van der Waals surface area contributed by atoms with Gasteiger partial charge in [0, 0.05) is 13.1 Å². The maximum Gasteiger partial charge on any atom is 0.233 e. The molecule has 1 rings (SSSR count). The van der Waals surface area contributed by atoms with Crippen LogP contribution in [0.2, 0.25) is 0 Å². The highest BCUT2D eigenvalue weighted by Gasteiger charge is 2.01. The summed E-state index contributed by atoms with van der Waals surface area (Å²) in [5.74, 6) is 0.703. The molecule has 0 aliphatic carbocycles. The highest BCUT2D eigenvalue weighted by Crippen LogP contribution is 2.02. The summed E-state index contributed by atoms with van der Waals surface area (Å²) >= 11 is 0. The lowest BCUT2D eigenvalue weighted by molar-refractivity contribution is -0.120. The average molecular weight is 248 g/mol. The number of benzene rings is 1. The molecule has 18 heavy (non-hydrogen) atoms. The van der Waals surface area contributed by atoms with E-state index in [0.717, 1.165) is 19.5 Å². The fourth-order valence-corrected chi connectivity index (χ4v) is 1.71. The Balaban J connectivity index is 2.15. The monoisotopic (exact) mass is 248 g/mol. The van der Waals surface area contributed by atoms with E-state index in [-0.39, 0.29) is 5.91 Å². The van der Waals surface area contributed by atoms with Gasteiger partial charge in [-0.15, -0.1) is 0 Å². The third-order valence-corrected chi connectivity index (χ3v) is 2.74. The van der Waals surface area contributed by atoms with Gasteiger partial charge >= 0.3 is 0 Å². The van der Waals surface area contributed by atoms with E-state index < -0.39 is 0 Å². The van der Waals surface area contributed by atoms with E-state index in [1.165, 1.54) is 11.1 Å². The number of amides is 1. The Bertz CT molecular complexity index is 375. The van der Waals surface area contributed by atoms with Gasteiger partial charge in [0.25, 0.3) is 0 Å². The summed E-state index contributed by atoms with van der Waals surface area (Å²) in [4.78, 5) is 11.5. The number of aryl methyl sites for hydroxylation is 1. The van der Waals surface area contributed by atoms with Gasteiger partial charge in [-0.1, -0.05) is 43.7 Å². The van der Waals surface area contributed by atoms with Crippen molar-refractivity contribution in [2.45, 2.75) is 33.7 Å². The highest BCUT2D eigenvalue weighted by molar-refractivity contribution is 5.77. The van der Waals surface area contributed by atoms with Crippen molar-refractivity contribution in [3.8, 4) is 0 Å². The van der Waals surface area contributed by atoms with Crippen LogP contribution in [-0.4, -0.2) is 19.0 Å². The van der Waals surface area contributed by atoms with Crippen LogP contribution in [0.15, 0.2) is 24.3 Å². The molecule has 0 aliphatic heterocycles. The first-order valence-electron chi connectivity index (χ1n) is 6.61. The first-order chi connectivity index (χ1) is 8.58. The van der Waals surface area contributed by atoms with Gasteiger partial charge in [0.05, 0.1) is 6.54 Å². The Kier molecular flexibility index (Phi) is 6.44. The average Bonchev–Trinajstić information content (AvgIpc) is 2.28. The smallest absolute Gasteiger partial charge is 0.233 e. The van der Waals surface area contributed by atoms with Gasteiger partial charge in [-0.05, 0) is 24.8 Å². The minimum Gasteiger partial charge on any atom is -0.355 e. The Morgan fingerprint density at radius 1 is 1.33 bits per heavy atom. The molecule has 1 amide bonds. The van der Waals surface area contributed by atoms with Crippen molar-refractivity contribution in [1.29, 1.82) is 0 Å². The molecule has 0 saturated carbocycles. The first kappa shape index (κ1) is 14.7. The predicted molar refractivity (Wildman–Crippen MR) is 75.4 cm³/mol. The molecular weight excluding hydrogens is 224 g/mol. The molecule has 0 atom stereocenters. The maximum atomic E-state index is 11.5. The molecule has 0 spiro atoms. The number of carbonyl (C=O) groups excluding carboxylic acids is 1. The molecule has 0 aromatic heterocycles. The van der Waals surface area contributed by atoms with Crippen LogP contribution in [0, 0.1) is 12.8 Å². The van der Waals surface area contributed by atoms with Crippen LogP contribution >= 0.6 is 0 Å². The van der Waals surface area contributed by atoms with E-state index >= 15 is 0 Å². The van der Waals surface area contributed by atoms with Crippen LogP contribution < -0.4 is 10.6 Å². The second kappa shape index (κ2) is 7.88. The van der Waals surface area contributed by atoms with Crippen molar-refractivity contribution >= 4 is 5.91 Å². The Morgan fingerprint density at radius 3 is 2.78 bits per heavy atom. The summed E-state index contributed by atoms with van der Waals surface area (Å²) < 4.78 is 0. The van der Waals surface area contributed by atoms with Crippen LogP contribution in [-0.2, 0) is 11.3 Å². The lowest BCUT2D eigenvalue weighted by Crippen LogP contribution is -2.34. The normalized spacial score (nSPS) is 10.7.